The van der Waals surface area contributed by atoms with Gasteiger partial charge in [0.15, 0.2) is 0 Å². The van der Waals surface area contributed by atoms with Crippen LogP contribution in [0.15, 0.2) is 29.6 Å². The monoisotopic (exact) mass is 416 g/mol. The van der Waals surface area contributed by atoms with Crippen LogP contribution in [-0.2, 0) is 4.74 Å². The van der Waals surface area contributed by atoms with E-state index in [1.807, 2.05) is 11.8 Å². The number of aliphatic hydroxyl groups is 1. The predicted octanol–water partition coefficient (Wildman–Crippen LogP) is 2.53. The molecule has 0 bridgehead atoms. The molecular weight excluding hydrogens is 392 g/mol. The minimum Gasteiger partial charge on any atom is -0.488 e. The molecule has 1 amide bonds. The van der Waals surface area contributed by atoms with E-state index < -0.39 is 12.1 Å². The third-order valence-electron chi connectivity index (χ3n) is 5.75. The Bertz CT molecular complexity index is 914. The Morgan fingerprint density at radius 2 is 2.00 bits per heavy atom. The molecule has 2 fully saturated rings. The Labute approximate surface area is 173 Å². The second kappa shape index (κ2) is 8.12. The molecule has 2 aliphatic rings. The molecule has 4 rings (SSSR count). The predicted molar refractivity (Wildman–Crippen MR) is 107 cm³/mol. The van der Waals surface area contributed by atoms with Gasteiger partial charge in [-0.15, -0.1) is 11.3 Å². The quantitative estimate of drug-likeness (QED) is 0.771. The fraction of sp³-hybridized carbons (Fsp3) is 0.476. The minimum atomic E-state index is -0.616. The Morgan fingerprint density at radius 1 is 1.24 bits per heavy atom. The van der Waals surface area contributed by atoms with Crippen LogP contribution >= 0.6 is 11.3 Å². The molecule has 2 heterocycles. The van der Waals surface area contributed by atoms with Gasteiger partial charge in [0, 0.05) is 18.5 Å². The number of aliphatic hydroxyl groups excluding tert-OH is 1. The number of thiazole rings is 1. The topological polar surface area (TPSA) is 89.0 Å². The first kappa shape index (κ1) is 19.8. The summed E-state index contributed by atoms with van der Waals surface area (Å²) in [4.78, 5) is 30.6. The van der Waals surface area contributed by atoms with Gasteiger partial charge in [-0.3, -0.25) is 4.79 Å². The molecule has 2 aromatic rings. The molecule has 0 radical (unpaired) electrons. The van der Waals surface area contributed by atoms with Crippen molar-refractivity contribution in [3.63, 3.8) is 0 Å². The molecule has 1 saturated heterocycles. The molecule has 0 unspecified atom stereocenters. The van der Waals surface area contributed by atoms with Gasteiger partial charge in [0.05, 0.1) is 23.8 Å². The van der Waals surface area contributed by atoms with Crippen LogP contribution in [0.1, 0.15) is 38.7 Å². The minimum absolute atomic E-state index is 0.0403. The summed E-state index contributed by atoms with van der Waals surface area (Å²) in [6, 6.07) is 6.78. The van der Waals surface area contributed by atoms with Gasteiger partial charge in [-0.2, -0.15) is 0 Å². The highest BCUT2D eigenvalue weighted by atomic mass is 32.1. The van der Waals surface area contributed by atoms with Crippen LogP contribution in [-0.4, -0.2) is 59.3 Å². The lowest BCUT2D eigenvalue weighted by molar-refractivity contribution is -0.0231. The van der Waals surface area contributed by atoms with Crippen LogP contribution in [0.3, 0.4) is 0 Å². The van der Waals surface area contributed by atoms with Crippen molar-refractivity contribution < 1.29 is 24.2 Å². The third kappa shape index (κ3) is 4.13. The Hall–Kier alpha value is -2.45. The van der Waals surface area contributed by atoms with Crippen molar-refractivity contribution in [3.8, 4) is 5.75 Å². The van der Waals surface area contributed by atoms with Crippen LogP contribution in [0.2, 0.25) is 0 Å². The number of nitrogens with zero attached hydrogens (tertiary/aromatic N) is 2. The van der Waals surface area contributed by atoms with Crippen molar-refractivity contribution in [3.05, 3.63) is 45.9 Å². The van der Waals surface area contributed by atoms with Crippen molar-refractivity contribution in [2.45, 2.75) is 32.0 Å². The van der Waals surface area contributed by atoms with E-state index in [-0.39, 0.29) is 23.8 Å². The van der Waals surface area contributed by atoms with Gasteiger partial charge in [-0.1, -0.05) is 6.07 Å². The van der Waals surface area contributed by atoms with E-state index in [1.54, 1.807) is 29.6 Å². The first-order valence-corrected chi connectivity index (χ1v) is 10.6. The number of hydrogen-bond acceptors (Lipinski definition) is 7. The van der Waals surface area contributed by atoms with Gasteiger partial charge in [0.1, 0.15) is 17.5 Å². The number of hydrogen-bond donors (Lipinski definition) is 1. The number of rotatable bonds is 4. The fourth-order valence-corrected chi connectivity index (χ4v) is 4.88. The number of carbonyl (C=O) groups is 2. The molecule has 1 saturated carbocycles. The Balaban J connectivity index is 1.42. The molecule has 1 aromatic heterocycles. The number of ether oxygens (including phenoxy) is 2. The summed E-state index contributed by atoms with van der Waals surface area (Å²) in [6.07, 6.45) is 0.260. The van der Waals surface area contributed by atoms with Gasteiger partial charge in [0.25, 0.3) is 5.91 Å². The first-order valence-electron chi connectivity index (χ1n) is 9.69. The fourth-order valence-electron chi connectivity index (χ4n) is 4.30. The van der Waals surface area contributed by atoms with E-state index in [4.69, 9.17) is 9.47 Å². The molecule has 8 heteroatoms. The van der Waals surface area contributed by atoms with E-state index in [1.165, 1.54) is 18.4 Å². The molecule has 7 nitrogen and oxygen atoms in total. The molecule has 1 aliphatic carbocycles. The number of aromatic nitrogens is 1. The van der Waals surface area contributed by atoms with Crippen molar-refractivity contribution in [1.29, 1.82) is 0 Å². The number of benzene rings is 1. The molecule has 154 valence electrons. The molecule has 1 aliphatic heterocycles. The van der Waals surface area contributed by atoms with Crippen LogP contribution in [0.25, 0.3) is 0 Å². The number of carbonyl (C=O) groups excluding carboxylic acids is 2. The Kier molecular flexibility index (Phi) is 5.56. The van der Waals surface area contributed by atoms with Crippen molar-refractivity contribution >= 4 is 23.2 Å². The number of amides is 1. The summed E-state index contributed by atoms with van der Waals surface area (Å²) in [5.74, 6) is 0.591. The maximum atomic E-state index is 12.7. The maximum absolute atomic E-state index is 12.7. The molecule has 1 N–H and O–H groups in total. The van der Waals surface area contributed by atoms with Gasteiger partial charge in [0.2, 0.25) is 0 Å². The average molecular weight is 416 g/mol. The molecule has 1 aromatic carbocycles. The highest BCUT2D eigenvalue weighted by Gasteiger charge is 2.44. The van der Waals surface area contributed by atoms with Crippen LogP contribution in [0.4, 0.5) is 0 Å². The highest BCUT2D eigenvalue weighted by Crippen LogP contribution is 2.38. The van der Waals surface area contributed by atoms with Gasteiger partial charge >= 0.3 is 5.97 Å². The summed E-state index contributed by atoms with van der Waals surface area (Å²) in [5.41, 5.74) is 0.906. The molecule has 29 heavy (non-hydrogen) atoms. The summed E-state index contributed by atoms with van der Waals surface area (Å²) in [6.45, 7) is 3.18. The zero-order valence-electron chi connectivity index (χ0n) is 16.4. The molecule has 4 atom stereocenters. The number of aryl methyl sites for hydroxylation is 1. The SMILES string of the molecule is COC(=O)c1cccc(O[C@@H]2C[C@@H]3CN(C(=O)c4csc(C)n4)C[C@@H]3C[C@H]2O)c1. The number of fused-ring (bicyclic) bond motifs is 1. The van der Waals surface area contributed by atoms with Crippen LogP contribution < -0.4 is 4.74 Å². The van der Waals surface area contributed by atoms with E-state index >= 15 is 0 Å². The lowest BCUT2D eigenvalue weighted by atomic mass is 9.78. The molecule has 0 spiro atoms. The average Bonchev–Trinajstić information content (AvgIpc) is 3.33. The zero-order valence-corrected chi connectivity index (χ0v) is 17.2. The van der Waals surface area contributed by atoms with Crippen molar-refractivity contribution in [1.82, 2.24) is 9.88 Å². The maximum Gasteiger partial charge on any atom is 0.337 e. The standard InChI is InChI=1S/C21H24N2O5S/c1-12-22-17(11-29-12)20(25)23-9-14-7-18(24)19(8-15(14)10-23)28-16-5-3-4-13(6-16)21(26)27-2/h3-6,11,14-15,18-19,24H,7-10H2,1-2H3/t14-,15+,18+,19+/m0/s1. The normalized spacial score (nSPS) is 26.1. The number of methoxy groups -OCH3 is 1. The first-order chi connectivity index (χ1) is 13.9. The van der Waals surface area contributed by atoms with Crippen molar-refractivity contribution in [2.75, 3.05) is 20.2 Å². The number of likely N-dealkylation sites (tertiary alicyclic amines) is 1. The van der Waals surface area contributed by atoms with Crippen LogP contribution in [0.5, 0.6) is 5.75 Å². The molecular formula is C21H24N2O5S. The summed E-state index contributed by atoms with van der Waals surface area (Å²) in [5, 5.41) is 13.3. The third-order valence-corrected chi connectivity index (χ3v) is 6.53. The summed E-state index contributed by atoms with van der Waals surface area (Å²) < 4.78 is 10.8. The smallest absolute Gasteiger partial charge is 0.337 e. The number of esters is 1. The second-order valence-electron chi connectivity index (χ2n) is 7.70. The summed E-state index contributed by atoms with van der Waals surface area (Å²) >= 11 is 1.47. The highest BCUT2D eigenvalue weighted by molar-refractivity contribution is 7.09. The van der Waals surface area contributed by atoms with E-state index in [9.17, 15) is 14.7 Å². The van der Waals surface area contributed by atoms with E-state index in [0.29, 0.717) is 42.9 Å². The largest absolute Gasteiger partial charge is 0.488 e. The zero-order chi connectivity index (χ0) is 20.5. The van der Waals surface area contributed by atoms with Gasteiger partial charge < -0.3 is 19.5 Å². The van der Waals surface area contributed by atoms with E-state index in [2.05, 4.69) is 4.98 Å². The summed E-state index contributed by atoms with van der Waals surface area (Å²) in [7, 11) is 1.33. The van der Waals surface area contributed by atoms with Gasteiger partial charge in [-0.05, 0) is 49.8 Å². The van der Waals surface area contributed by atoms with E-state index in [0.717, 1.165) is 5.01 Å². The lowest BCUT2D eigenvalue weighted by Gasteiger charge is -2.35. The van der Waals surface area contributed by atoms with Crippen molar-refractivity contribution in [2.24, 2.45) is 11.8 Å². The van der Waals surface area contributed by atoms with Gasteiger partial charge in [-0.25, -0.2) is 9.78 Å². The Morgan fingerprint density at radius 3 is 2.69 bits per heavy atom. The second-order valence-corrected chi connectivity index (χ2v) is 8.76. The van der Waals surface area contributed by atoms with Crippen LogP contribution in [0, 0.1) is 18.8 Å². The lowest BCUT2D eigenvalue weighted by Crippen LogP contribution is -2.42.